The summed E-state index contributed by atoms with van der Waals surface area (Å²) in [6, 6.07) is 0.875. The van der Waals surface area contributed by atoms with Gasteiger partial charge in [-0.05, 0) is 64.6 Å². The number of nitrogens with one attached hydrogen (secondary N) is 1. The number of nitrogens with zero attached hydrogens (tertiary/aromatic N) is 1. The van der Waals surface area contributed by atoms with Gasteiger partial charge in [0, 0.05) is 11.6 Å². The molecule has 0 radical (unpaired) electrons. The van der Waals surface area contributed by atoms with Crippen molar-refractivity contribution in [3.05, 3.63) is 0 Å². The molecule has 0 aliphatic carbocycles. The molecular formula is C15H30N2. The van der Waals surface area contributed by atoms with E-state index in [0.717, 1.165) is 6.04 Å². The second-order valence-corrected chi connectivity index (χ2v) is 5.98. The molecule has 0 saturated carbocycles. The lowest BCUT2D eigenvalue weighted by molar-refractivity contribution is 0.135. The van der Waals surface area contributed by atoms with Gasteiger partial charge in [-0.25, -0.2) is 0 Å². The molecule has 2 fully saturated rings. The van der Waals surface area contributed by atoms with Gasteiger partial charge in [-0.3, -0.25) is 0 Å². The topological polar surface area (TPSA) is 15.3 Å². The van der Waals surface area contributed by atoms with Crippen LogP contribution < -0.4 is 5.32 Å². The molecule has 2 atom stereocenters. The third kappa shape index (κ3) is 3.23. The van der Waals surface area contributed by atoms with Gasteiger partial charge in [0.1, 0.15) is 0 Å². The summed E-state index contributed by atoms with van der Waals surface area (Å²) in [4.78, 5) is 2.71. The molecule has 2 heterocycles. The molecule has 0 aromatic carbocycles. The molecule has 0 aromatic heterocycles. The minimum atomic E-state index is 0.497. The minimum Gasteiger partial charge on any atom is -0.311 e. The summed E-state index contributed by atoms with van der Waals surface area (Å²) in [5, 5.41) is 3.77. The van der Waals surface area contributed by atoms with E-state index in [1.807, 2.05) is 0 Å². The average molecular weight is 238 g/mol. The van der Waals surface area contributed by atoms with Gasteiger partial charge >= 0.3 is 0 Å². The highest BCUT2D eigenvalue weighted by Gasteiger charge is 2.32. The van der Waals surface area contributed by atoms with Crippen molar-refractivity contribution in [2.24, 2.45) is 0 Å². The van der Waals surface area contributed by atoms with E-state index in [2.05, 4.69) is 24.1 Å². The Kier molecular flexibility index (Phi) is 4.87. The SMILES string of the molecule is CCN1CCCCC1CCC1(CC)CCCN1. The molecule has 2 aliphatic rings. The lowest BCUT2D eigenvalue weighted by atomic mass is 9.85. The second-order valence-electron chi connectivity index (χ2n) is 5.98. The molecule has 100 valence electrons. The van der Waals surface area contributed by atoms with Crippen LogP contribution in [0.1, 0.15) is 65.2 Å². The van der Waals surface area contributed by atoms with E-state index in [0.29, 0.717) is 5.54 Å². The van der Waals surface area contributed by atoms with Gasteiger partial charge in [0.25, 0.3) is 0 Å². The fourth-order valence-electron chi connectivity index (χ4n) is 3.81. The lowest BCUT2D eigenvalue weighted by Crippen LogP contribution is -2.43. The fraction of sp³-hybridized carbons (Fsp3) is 1.00. The highest BCUT2D eigenvalue weighted by molar-refractivity contribution is 4.93. The van der Waals surface area contributed by atoms with E-state index >= 15 is 0 Å². The van der Waals surface area contributed by atoms with E-state index in [1.165, 1.54) is 71.0 Å². The predicted octanol–water partition coefficient (Wildman–Crippen LogP) is 3.17. The van der Waals surface area contributed by atoms with Crippen LogP contribution in [0.3, 0.4) is 0 Å². The number of likely N-dealkylation sites (tertiary alicyclic amines) is 1. The van der Waals surface area contributed by atoms with E-state index in [1.54, 1.807) is 0 Å². The molecule has 1 N–H and O–H groups in total. The Balaban J connectivity index is 1.83. The highest BCUT2D eigenvalue weighted by Crippen LogP contribution is 2.31. The third-order valence-electron chi connectivity index (χ3n) is 5.12. The van der Waals surface area contributed by atoms with Crippen molar-refractivity contribution in [3.8, 4) is 0 Å². The molecular weight excluding hydrogens is 208 g/mol. The Bertz CT molecular complexity index is 221. The highest BCUT2D eigenvalue weighted by atomic mass is 15.2. The Morgan fingerprint density at radius 1 is 1.24 bits per heavy atom. The summed E-state index contributed by atoms with van der Waals surface area (Å²) in [5.74, 6) is 0. The summed E-state index contributed by atoms with van der Waals surface area (Å²) < 4.78 is 0. The van der Waals surface area contributed by atoms with Crippen molar-refractivity contribution in [1.82, 2.24) is 10.2 Å². The zero-order chi connectivity index (χ0) is 12.1. The molecule has 2 unspecified atom stereocenters. The third-order valence-corrected chi connectivity index (χ3v) is 5.12. The zero-order valence-corrected chi connectivity index (χ0v) is 11.8. The van der Waals surface area contributed by atoms with Crippen molar-refractivity contribution >= 4 is 0 Å². The number of rotatable bonds is 5. The monoisotopic (exact) mass is 238 g/mol. The average Bonchev–Trinajstić information content (AvgIpc) is 2.86. The van der Waals surface area contributed by atoms with Gasteiger partial charge < -0.3 is 10.2 Å². The molecule has 2 aliphatic heterocycles. The Labute approximate surface area is 107 Å². The van der Waals surface area contributed by atoms with E-state index in [4.69, 9.17) is 0 Å². The van der Waals surface area contributed by atoms with E-state index in [-0.39, 0.29) is 0 Å². The molecule has 0 aromatic rings. The van der Waals surface area contributed by atoms with Crippen molar-refractivity contribution in [1.29, 1.82) is 0 Å². The molecule has 2 rings (SSSR count). The first-order valence-electron chi connectivity index (χ1n) is 7.79. The maximum absolute atomic E-state index is 3.77. The van der Waals surface area contributed by atoms with Gasteiger partial charge in [-0.2, -0.15) is 0 Å². The summed E-state index contributed by atoms with van der Waals surface area (Å²) in [7, 11) is 0. The molecule has 2 nitrogen and oxygen atoms in total. The molecule has 0 amide bonds. The Morgan fingerprint density at radius 2 is 2.12 bits per heavy atom. The Morgan fingerprint density at radius 3 is 2.76 bits per heavy atom. The van der Waals surface area contributed by atoms with Crippen molar-refractivity contribution in [3.63, 3.8) is 0 Å². The summed E-state index contributed by atoms with van der Waals surface area (Å²) in [5.41, 5.74) is 0.497. The van der Waals surface area contributed by atoms with Gasteiger partial charge in [0.15, 0.2) is 0 Å². The molecule has 2 saturated heterocycles. The number of piperidine rings is 1. The predicted molar refractivity (Wildman–Crippen MR) is 74.4 cm³/mol. The Hall–Kier alpha value is -0.0800. The number of hydrogen-bond donors (Lipinski definition) is 1. The van der Waals surface area contributed by atoms with Gasteiger partial charge in [-0.1, -0.05) is 20.3 Å². The van der Waals surface area contributed by atoms with E-state index < -0.39 is 0 Å². The quantitative estimate of drug-likeness (QED) is 0.791. The van der Waals surface area contributed by atoms with Crippen LogP contribution in [0, 0.1) is 0 Å². The van der Waals surface area contributed by atoms with Crippen LogP contribution in [0.5, 0.6) is 0 Å². The summed E-state index contributed by atoms with van der Waals surface area (Å²) in [6.45, 7) is 8.51. The van der Waals surface area contributed by atoms with E-state index in [9.17, 15) is 0 Å². The fourth-order valence-corrected chi connectivity index (χ4v) is 3.81. The van der Waals surface area contributed by atoms with Crippen molar-refractivity contribution < 1.29 is 0 Å². The lowest BCUT2D eigenvalue weighted by Gasteiger charge is -2.37. The zero-order valence-electron chi connectivity index (χ0n) is 11.8. The first-order valence-corrected chi connectivity index (χ1v) is 7.79. The smallest absolute Gasteiger partial charge is 0.0180 e. The van der Waals surface area contributed by atoms with Crippen LogP contribution in [-0.4, -0.2) is 36.1 Å². The first-order chi connectivity index (χ1) is 8.29. The van der Waals surface area contributed by atoms with Gasteiger partial charge in [0.2, 0.25) is 0 Å². The van der Waals surface area contributed by atoms with Gasteiger partial charge in [-0.15, -0.1) is 0 Å². The normalized spacial score (nSPS) is 35.3. The summed E-state index contributed by atoms with van der Waals surface area (Å²) >= 11 is 0. The molecule has 0 spiro atoms. The van der Waals surface area contributed by atoms with Crippen LogP contribution in [0.15, 0.2) is 0 Å². The van der Waals surface area contributed by atoms with Crippen molar-refractivity contribution in [2.45, 2.75) is 76.8 Å². The van der Waals surface area contributed by atoms with Crippen LogP contribution in [0.4, 0.5) is 0 Å². The first kappa shape index (κ1) is 13.4. The molecule has 17 heavy (non-hydrogen) atoms. The molecule has 2 heteroatoms. The standard InChI is InChI=1S/C15H30N2/c1-3-15(10-7-12-16-15)11-9-14-8-5-6-13-17(14)4-2/h14,16H,3-13H2,1-2H3. The maximum atomic E-state index is 3.77. The van der Waals surface area contributed by atoms with Crippen LogP contribution in [-0.2, 0) is 0 Å². The maximum Gasteiger partial charge on any atom is 0.0180 e. The largest absolute Gasteiger partial charge is 0.311 e. The van der Waals surface area contributed by atoms with Crippen molar-refractivity contribution in [2.75, 3.05) is 19.6 Å². The van der Waals surface area contributed by atoms with Crippen LogP contribution >= 0.6 is 0 Å². The van der Waals surface area contributed by atoms with Gasteiger partial charge in [0.05, 0.1) is 0 Å². The van der Waals surface area contributed by atoms with Crippen LogP contribution in [0.2, 0.25) is 0 Å². The minimum absolute atomic E-state index is 0.497. The summed E-state index contributed by atoms with van der Waals surface area (Å²) in [6.07, 6.45) is 11.2. The second kappa shape index (κ2) is 6.19. The molecule has 0 bridgehead atoms. The number of hydrogen-bond acceptors (Lipinski definition) is 2. The van der Waals surface area contributed by atoms with Crippen LogP contribution in [0.25, 0.3) is 0 Å².